The van der Waals surface area contributed by atoms with Crippen molar-refractivity contribution in [3.05, 3.63) is 123 Å². The summed E-state index contributed by atoms with van der Waals surface area (Å²) in [5, 5.41) is 6.54. The predicted molar refractivity (Wildman–Crippen MR) is 188 cm³/mol. The van der Waals surface area contributed by atoms with E-state index in [-0.39, 0.29) is 18.2 Å². The van der Waals surface area contributed by atoms with E-state index in [1.807, 2.05) is 29.5 Å². The number of hydrogen-bond donors (Lipinski definition) is 1. The van der Waals surface area contributed by atoms with Crippen LogP contribution in [0.2, 0.25) is 0 Å². The van der Waals surface area contributed by atoms with Gasteiger partial charge in [0.25, 0.3) is 0 Å². The fourth-order valence-corrected chi connectivity index (χ4v) is 7.60. The quantitative estimate of drug-likeness (QED) is 0.127. The fourth-order valence-electron chi connectivity index (χ4n) is 4.96. The third kappa shape index (κ3) is 8.21. The van der Waals surface area contributed by atoms with E-state index in [0.29, 0.717) is 73.9 Å². The highest BCUT2D eigenvalue weighted by molar-refractivity contribution is 9.10. The Morgan fingerprint density at radius 3 is 2.58 bits per heavy atom. The maximum atomic E-state index is 15.3. The number of rotatable bonds is 13. The van der Waals surface area contributed by atoms with E-state index < -0.39 is 15.7 Å². The van der Waals surface area contributed by atoms with Crippen LogP contribution in [0, 0.1) is 11.6 Å². The van der Waals surface area contributed by atoms with Gasteiger partial charge in [-0.05, 0) is 77.1 Å². The molecule has 13 heteroatoms. The van der Waals surface area contributed by atoms with Crippen molar-refractivity contribution in [2.75, 3.05) is 31.2 Å². The lowest BCUT2D eigenvalue weighted by atomic mass is 10.1. The molecule has 0 aliphatic heterocycles. The molecular formula is C35H30BrF2N5O3S2. The highest BCUT2D eigenvalue weighted by Crippen LogP contribution is 2.34. The third-order valence-corrected chi connectivity index (χ3v) is 10.8. The van der Waals surface area contributed by atoms with Crippen molar-refractivity contribution in [2.24, 2.45) is 0 Å². The van der Waals surface area contributed by atoms with Crippen LogP contribution in [0.25, 0.3) is 22.2 Å². The number of hydrogen-bond acceptors (Lipinski definition) is 9. The van der Waals surface area contributed by atoms with E-state index in [1.165, 1.54) is 35.9 Å². The average molecular weight is 751 g/mol. The minimum Gasteiger partial charge on any atom is -0.488 e. The molecule has 0 saturated heterocycles. The number of aromatic nitrogens is 3. The minimum atomic E-state index is -3.36. The maximum absolute atomic E-state index is 15.3. The van der Waals surface area contributed by atoms with Crippen molar-refractivity contribution >= 4 is 59.5 Å². The standard InChI is InChI=1S/C35H30BrF2N5O3S2/c1-43(14-15-48(44,45)26-8-3-2-4-9-26)13-12-34-42-32(21-47-34)27-18-28-31(19-30(27)38)39-22-40-35(28)41-25-10-11-33(29(36)17-25)46-20-23-6-5-7-24(37)16-23/h2-11,16-19,21-22H,12-15,20H2,1H3,(H,39,40,41). The molecule has 2 aromatic heterocycles. The summed E-state index contributed by atoms with van der Waals surface area (Å²) in [4.78, 5) is 15.6. The van der Waals surface area contributed by atoms with Crippen LogP contribution in [0.5, 0.6) is 5.75 Å². The lowest BCUT2D eigenvalue weighted by Crippen LogP contribution is -2.27. The molecule has 48 heavy (non-hydrogen) atoms. The summed E-state index contributed by atoms with van der Waals surface area (Å²) in [5.41, 5.74) is 2.69. The highest BCUT2D eigenvalue weighted by Gasteiger charge is 2.17. The van der Waals surface area contributed by atoms with Gasteiger partial charge >= 0.3 is 0 Å². The summed E-state index contributed by atoms with van der Waals surface area (Å²) in [6, 6.07) is 23.2. The molecule has 0 atom stereocenters. The molecule has 6 rings (SSSR count). The van der Waals surface area contributed by atoms with Gasteiger partial charge in [-0.25, -0.2) is 32.2 Å². The Hall–Kier alpha value is -4.30. The van der Waals surface area contributed by atoms with Crippen LogP contribution in [0.15, 0.2) is 106 Å². The van der Waals surface area contributed by atoms with Gasteiger partial charge in [0.1, 0.15) is 36.1 Å². The van der Waals surface area contributed by atoms with Gasteiger partial charge in [0.05, 0.1) is 31.3 Å². The summed E-state index contributed by atoms with van der Waals surface area (Å²) in [5.74, 6) is 0.325. The van der Waals surface area contributed by atoms with E-state index in [0.717, 1.165) is 5.01 Å². The molecular weight excluding hydrogens is 720 g/mol. The smallest absolute Gasteiger partial charge is 0.179 e. The zero-order chi connectivity index (χ0) is 33.7. The van der Waals surface area contributed by atoms with E-state index in [1.54, 1.807) is 54.6 Å². The molecule has 0 aliphatic rings. The van der Waals surface area contributed by atoms with E-state index in [4.69, 9.17) is 4.74 Å². The van der Waals surface area contributed by atoms with Crippen molar-refractivity contribution in [3.8, 4) is 17.0 Å². The van der Waals surface area contributed by atoms with Crippen molar-refractivity contribution in [3.63, 3.8) is 0 Å². The van der Waals surface area contributed by atoms with Gasteiger partial charge in [-0.1, -0.05) is 30.3 Å². The number of anilines is 2. The Morgan fingerprint density at radius 1 is 0.958 bits per heavy atom. The average Bonchev–Trinajstić information content (AvgIpc) is 3.55. The second-order valence-corrected chi connectivity index (χ2v) is 15.0. The second-order valence-electron chi connectivity index (χ2n) is 11.1. The lowest BCUT2D eigenvalue weighted by Gasteiger charge is -2.15. The Balaban J connectivity index is 1.12. The summed E-state index contributed by atoms with van der Waals surface area (Å²) in [6.45, 7) is 1.19. The summed E-state index contributed by atoms with van der Waals surface area (Å²) < 4.78 is 60.7. The minimum absolute atomic E-state index is 0.0167. The zero-order valence-electron chi connectivity index (χ0n) is 25.7. The number of ether oxygens (including phenoxy) is 1. The van der Waals surface area contributed by atoms with Crippen LogP contribution in [0.4, 0.5) is 20.3 Å². The molecule has 6 aromatic rings. The zero-order valence-corrected chi connectivity index (χ0v) is 29.0. The number of fused-ring (bicyclic) bond motifs is 1. The number of benzene rings is 4. The number of nitrogens with one attached hydrogen (secondary N) is 1. The molecule has 0 aliphatic carbocycles. The predicted octanol–water partition coefficient (Wildman–Crippen LogP) is 8.06. The molecule has 0 unspecified atom stereocenters. The van der Waals surface area contributed by atoms with Crippen molar-refractivity contribution in [1.82, 2.24) is 19.9 Å². The number of sulfone groups is 1. The van der Waals surface area contributed by atoms with Gasteiger partial charge in [-0.2, -0.15) is 0 Å². The van der Waals surface area contributed by atoms with Gasteiger partial charge in [-0.15, -0.1) is 11.3 Å². The molecule has 4 aromatic carbocycles. The molecule has 0 bridgehead atoms. The Labute approximate surface area is 289 Å². The molecule has 0 amide bonds. The largest absolute Gasteiger partial charge is 0.488 e. The van der Waals surface area contributed by atoms with Crippen LogP contribution in [-0.4, -0.2) is 54.2 Å². The number of thiazole rings is 1. The van der Waals surface area contributed by atoms with E-state index >= 15 is 4.39 Å². The number of halogens is 3. The molecule has 0 saturated carbocycles. The number of likely N-dealkylation sites (N-methyl/N-ethyl adjacent to an activating group) is 1. The van der Waals surface area contributed by atoms with Gasteiger partial charge in [0.2, 0.25) is 0 Å². The highest BCUT2D eigenvalue weighted by atomic mass is 79.9. The SMILES string of the molecule is CN(CCc1nc(-c2cc3c(Nc4ccc(OCc5cccc(F)c5)c(Br)c4)ncnc3cc2F)cs1)CCS(=O)(=O)c1ccccc1. The van der Waals surface area contributed by atoms with Gasteiger partial charge in [-0.3, -0.25) is 0 Å². The van der Waals surface area contributed by atoms with Gasteiger partial charge in [0.15, 0.2) is 9.84 Å². The topological polar surface area (TPSA) is 97.3 Å². The molecule has 246 valence electrons. The fraction of sp³-hybridized carbons (Fsp3) is 0.171. The van der Waals surface area contributed by atoms with Crippen LogP contribution in [0.3, 0.4) is 0 Å². The van der Waals surface area contributed by atoms with Gasteiger partial charge in [0, 0.05) is 47.6 Å². The molecule has 0 radical (unpaired) electrons. The first-order chi connectivity index (χ1) is 23.1. The lowest BCUT2D eigenvalue weighted by molar-refractivity contribution is 0.303. The van der Waals surface area contributed by atoms with Crippen molar-refractivity contribution in [2.45, 2.75) is 17.9 Å². The molecule has 1 N–H and O–H groups in total. The van der Waals surface area contributed by atoms with Crippen molar-refractivity contribution in [1.29, 1.82) is 0 Å². The maximum Gasteiger partial charge on any atom is 0.179 e. The summed E-state index contributed by atoms with van der Waals surface area (Å²) >= 11 is 4.97. The van der Waals surface area contributed by atoms with E-state index in [2.05, 4.69) is 36.2 Å². The summed E-state index contributed by atoms with van der Waals surface area (Å²) in [6.07, 6.45) is 1.96. The Morgan fingerprint density at radius 2 is 1.79 bits per heavy atom. The van der Waals surface area contributed by atoms with Gasteiger partial charge < -0.3 is 15.0 Å². The Bertz CT molecular complexity index is 2170. The number of nitrogens with zero attached hydrogens (tertiary/aromatic N) is 4. The third-order valence-electron chi connectivity index (χ3n) is 7.58. The Kier molecular flexibility index (Phi) is 10.4. The van der Waals surface area contributed by atoms with Crippen LogP contribution in [-0.2, 0) is 22.9 Å². The first-order valence-electron chi connectivity index (χ1n) is 14.9. The first kappa shape index (κ1) is 33.6. The second kappa shape index (κ2) is 14.9. The molecule has 8 nitrogen and oxygen atoms in total. The molecule has 0 fully saturated rings. The normalized spacial score (nSPS) is 11.7. The van der Waals surface area contributed by atoms with E-state index in [9.17, 15) is 12.8 Å². The summed E-state index contributed by atoms with van der Waals surface area (Å²) in [7, 11) is -1.49. The van der Waals surface area contributed by atoms with Crippen LogP contribution in [0.1, 0.15) is 10.6 Å². The first-order valence-corrected chi connectivity index (χ1v) is 18.3. The molecule has 2 heterocycles. The van der Waals surface area contributed by atoms with Crippen LogP contribution < -0.4 is 10.1 Å². The van der Waals surface area contributed by atoms with Crippen molar-refractivity contribution < 1.29 is 21.9 Å². The van der Waals surface area contributed by atoms with Crippen LogP contribution >= 0.6 is 27.3 Å². The monoisotopic (exact) mass is 749 g/mol. The molecule has 0 spiro atoms.